The average Bonchev–Trinajstić information content (AvgIpc) is 2.71. The van der Waals surface area contributed by atoms with Crippen LogP contribution in [0.1, 0.15) is 10.4 Å². The van der Waals surface area contributed by atoms with Gasteiger partial charge in [0.2, 0.25) is 0 Å². The molecule has 0 aliphatic carbocycles. The Morgan fingerprint density at radius 1 is 1.11 bits per heavy atom. The lowest BCUT2D eigenvalue weighted by molar-refractivity contribution is 0.0944. The molecule has 3 aromatic rings. The quantitative estimate of drug-likeness (QED) is 0.691. The fraction of sp³-hybridized carbons (Fsp3) is 0.273. The van der Waals surface area contributed by atoms with Gasteiger partial charge in [0.05, 0.1) is 31.0 Å². The first-order valence-corrected chi connectivity index (χ1v) is 9.30. The van der Waals surface area contributed by atoms with Crippen molar-refractivity contribution in [3.63, 3.8) is 0 Å². The van der Waals surface area contributed by atoms with Gasteiger partial charge in [-0.15, -0.1) is 0 Å². The minimum absolute atomic E-state index is 0.0766. The molecule has 2 aromatic carbocycles. The highest BCUT2D eigenvalue weighted by molar-refractivity contribution is 6.07. The fourth-order valence-electron chi connectivity index (χ4n) is 3.33. The van der Waals surface area contributed by atoms with E-state index in [0.717, 1.165) is 35.2 Å². The third-order valence-electron chi connectivity index (χ3n) is 5.06. The third-order valence-corrected chi connectivity index (χ3v) is 5.06. The maximum Gasteiger partial charge on any atom is 0.252 e. The summed E-state index contributed by atoms with van der Waals surface area (Å²) < 4.78 is 10.7. The molecule has 0 radical (unpaired) electrons. The van der Waals surface area contributed by atoms with Crippen LogP contribution in [0.5, 0.6) is 11.5 Å². The summed E-state index contributed by atoms with van der Waals surface area (Å²) in [6, 6.07) is 15.2. The number of para-hydroxylation sites is 1. The molecule has 1 aromatic heterocycles. The summed E-state index contributed by atoms with van der Waals surface area (Å²) in [7, 11) is 3.20. The van der Waals surface area contributed by atoms with E-state index in [0.29, 0.717) is 29.5 Å². The van der Waals surface area contributed by atoms with E-state index in [1.165, 1.54) is 0 Å². The van der Waals surface area contributed by atoms with Crippen LogP contribution in [0, 0.1) is 5.92 Å². The summed E-state index contributed by atoms with van der Waals surface area (Å²) in [6.07, 6.45) is 0. The Morgan fingerprint density at radius 2 is 1.89 bits per heavy atom. The molecular formula is C22H23N3O3. The topological polar surface area (TPSA) is 72.5 Å². The minimum Gasteiger partial charge on any atom is -0.493 e. The molecule has 144 valence electrons. The Kier molecular flexibility index (Phi) is 5.12. The van der Waals surface area contributed by atoms with Crippen molar-refractivity contribution in [1.29, 1.82) is 0 Å². The third kappa shape index (κ3) is 3.51. The fourth-order valence-corrected chi connectivity index (χ4v) is 3.33. The number of amides is 1. The molecule has 6 nitrogen and oxygen atoms in total. The normalized spacial score (nSPS) is 13.8. The van der Waals surface area contributed by atoms with Crippen molar-refractivity contribution in [2.45, 2.75) is 0 Å². The van der Waals surface area contributed by atoms with E-state index in [-0.39, 0.29) is 5.91 Å². The van der Waals surface area contributed by atoms with E-state index in [1.807, 2.05) is 48.5 Å². The zero-order valence-electron chi connectivity index (χ0n) is 16.0. The summed E-state index contributed by atoms with van der Waals surface area (Å²) in [5.74, 6) is 1.70. The van der Waals surface area contributed by atoms with Gasteiger partial charge in [-0.25, -0.2) is 4.98 Å². The molecule has 28 heavy (non-hydrogen) atoms. The second-order valence-corrected chi connectivity index (χ2v) is 6.88. The van der Waals surface area contributed by atoms with E-state index in [1.54, 1.807) is 14.2 Å². The first-order chi connectivity index (χ1) is 13.7. The number of hydrogen-bond acceptors (Lipinski definition) is 5. The van der Waals surface area contributed by atoms with E-state index >= 15 is 0 Å². The number of benzene rings is 2. The number of ether oxygens (including phenoxy) is 2. The summed E-state index contributed by atoms with van der Waals surface area (Å²) in [5, 5.41) is 7.13. The molecule has 2 N–H and O–H groups in total. The van der Waals surface area contributed by atoms with Crippen LogP contribution >= 0.6 is 0 Å². The van der Waals surface area contributed by atoms with Crippen LogP contribution < -0.4 is 20.1 Å². The molecule has 1 aliphatic rings. The van der Waals surface area contributed by atoms with Crippen LogP contribution in [0.15, 0.2) is 48.5 Å². The van der Waals surface area contributed by atoms with Gasteiger partial charge in [-0.2, -0.15) is 0 Å². The number of aromatic nitrogens is 1. The number of carbonyl (C=O) groups excluding carboxylic acids is 1. The molecule has 0 atom stereocenters. The Labute approximate surface area is 163 Å². The van der Waals surface area contributed by atoms with Crippen LogP contribution in [0.4, 0.5) is 0 Å². The van der Waals surface area contributed by atoms with Crippen molar-refractivity contribution in [2.24, 2.45) is 5.92 Å². The highest BCUT2D eigenvalue weighted by Crippen LogP contribution is 2.33. The molecule has 6 heteroatoms. The van der Waals surface area contributed by atoms with E-state index < -0.39 is 0 Å². The molecule has 0 bridgehead atoms. The van der Waals surface area contributed by atoms with Gasteiger partial charge in [0.25, 0.3) is 5.91 Å². The number of methoxy groups -OCH3 is 2. The van der Waals surface area contributed by atoms with Crippen molar-refractivity contribution >= 4 is 16.8 Å². The largest absolute Gasteiger partial charge is 0.493 e. The van der Waals surface area contributed by atoms with Crippen LogP contribution in [0.2, 0.25) is 0 Å². The molecule has 1 aliphatic heterocycles. The second-order valence-electron chi connectivity index (χ2n) is 6.88. The number of nitrogens with one attached hydrogen (secondary N) is 2. The molecule has 0 unspecified atom stereocenters. The summed E-state index contributed by atoms with van der Waals surface area (Å²) >= 11 is 0. The Bertz CT molecular complexity index is 1020. The SMILES string of the molecule is COc1ccc(-c2cc(C(=O)NCC3CNC3)c3ccccc3n2)cc1OC. The van der Waals surface area contributed by atoms with Gasteiger partial charge in [-0.3, -0.25) is 4.79 Å². The first kappa shape index (κ1) is 18.3. The van der Waals surface area contributed by atoms with Crippen LogP contribution in [0.3, 0.4) is 0 Å². The average molecular weight is 377 g/mol. The molecule has 0 saturated carbocycles. The molecule has 0 spiro atoms. The minimum atomic E-state index is -0.0766. The lowest BCUT2D eigenvalue weighted by atomic mass is 10.0. The molecule has 2 heterocycles. The number of carbonyl (C=O) groups is 1. The molecule has 1 fully saturated rings. The van der Waals surface area contributed by atoms with Crippen molar-refractivity contribution in [1.82, 2.24) is 15.6 Å². The van der Waals surface area contributed by atoms with Gasteiger partial charge < -0.3 is 20.1 Å². The monoisotopic (exact) mass is 377 g/mol. The molecule has 1 amide bonds. The van der Waals surface area contributed by atoms with Gasteiger partial charge in [-0.05, 0) is 30.3 Å². The number of hydrogen-bond donors (Lipinski definition) is 2. The number of nitrogens with zero attached hydrogens (tertiary/aromatic N) is 1. The van der Waals surface area contributed by atoms with Gasteiger partial charge in [0.15, 0.2) is 11.5 Å². The Hall–Kier alpha value is -3.12. The molecule has 4 rings (SSSR count). The smallest absolute Gasteiger partial charge is 0.252 e. The second kappa shape index (κ2) is 7.86. The maximum atomic E-state index is 12.9. The number of fused-ring (bicyclic) bond motifs is 1. The molecule has 1 saturated heterocycles. The van der Waals surface area contributed by atoms with Crippen LogP contribution in [-0.2, 0) is 0 Å². The van der Waals surface area contributed by atoms with Crippen molar-refractivity contribution in [3.8, 4) is 22.8 Å². The summed E-state index contributed by atoms with van der Waals surface area (Å²) in [6.45, 7) is 2.58. The predicted molar refractivity (Wildman–Crippen MR) is 109 cm³/mol. The zero-order valence-corrected chi connectivity index (χ0v) is 16.0. The Morgan fingerprint density at radius 3 is 2.61 bits per heavy atom. The number of rotatable bonds is 6. The van der Waals surface area contributed by atoms with E-state index in [9.17, 15) is 4.79 Å². The lowest BCUT2D eigenvalue weighted by Gasteiger charge is -2.27. The first-order valence-electron chi connectivity index (χ1n) is 9.30. The van der Waals surface area contributed by atoms with Crippen LogP contribution in [-0.4, -0.2) is 44.7 Å². The highest BCUT2D eigenvalue weighted by atomic mass is 16.5. The summed E-state index contributed by atoms with van der Waals surface area (Å²) in [4.78, 5) is 17.7. The van der Waals surface area contributed by atoms with E-state index in [4.69, 9.17) is 14.5 Å². The standard InChI is InChI=1S/C22H23N3O3/c1-27-20-8-7-15(9-21(20)28-2)19-10-17(16-5-3-4-6-18(16)25-19)22(26)24-13-14-11-23-12-14/h3-10,14,23H,11-13H2,1-2H3,(H,24,26). The van der Waals surface area contributed by atoms with Crippen molar-refractivity contribution in [2.75, 3.05) is 33.9 Å². The van der Waals surface area contributed by atoms with Gasteiger partial charge in [-0.1, -0.05) is 18.2 Å². The maximum absolute atomic E-state index is 12.9. The van der Waals surface area contributed by atoms with Gasteiger partial charge in [0.1, 0.15) is 0 Å². The van der Waals surface area contributed by atoms with Crippen molar-refractivity contribution < 1.29 is 14.3 Å². The predicted octanol–water partition coefficient (Wildman–Crippen LogP) is 2.87. The van der Waals surface area contributed by atoms with Gasteiger partial charge >= 0.3 is 0 Å². The zero-order chi connectivity index (χ0) is 19.5. The number of pyridine rings is 1. The van der Waals surface area contributed by atoms with E-state index in [2.05, 4.69) is 10.6 Å². The van der Waals surface area contributed by atoms with Gasteiger partial charge in [0, 0.05) is 36.5 Å². The molecular weight excluding hydrogens is 354 g/mol. The van der Waals surface area contributed by atoms with Crippen molar-refractivity contribution in [3.05, 3.63) is 54.1 Å². The van der Waals surface area contributed by atoms with Crippen LogP contribution in [0.25, 0.3) is 22.2 Å². The Balaban J connectivity index is 1.74. The highest BCUT2D eigenvalue weighted by Gasteiger charge is 2.19. The summed E-state index contributed by atoms with van der Waals surface area (Å²) in [5.41, 5.74) is 2.99. The lowest BCUT2D eigenvalue weighted by Crippen LogP contribution is -2.48.